The van der Waals surface area contributed by atoms with E-state index in [1.54, 1.807) is 35.2 Å². The molecule has 0 radical (unpaired) electrons. The van der Waals surface area contributed by atoms with Gasteiger partial charge >= 0.3 is 0 Å². The third kappa shape index (κ3) is 3.61. The molecule has 2 bridgehead atoms. The number of hydroxylamine groups is 2. The minimum absolute atomic E-state index is 0.0848. The Kier molecular flexibility index (Phi) is 5.53. The second kappa shape index (κ2) is 8.38. The quantitative estimate of drug-likeness (QED) is 0.367. The van der Waals surface area contributed by atoms with Crippen molar-refractivity contribution in [3.63, 3.8) is 0 Å². The number of fused-ring (bicyclic) bond motifs is 4. The highest BCUT2D eigenvalue weighted by Gasteiger charge is 2.65. The van der Waals surface area contributed by atoms with Crippen molar-refractivity contribution in [2.75, 3.05) is 18.9 Å². The summed E-state index contributed by atoms with van der Waals surface area (Å²) in [6.07, 6.45) is 1.27. The maximum Gasteiger partial charge on any atom is 0.285 e. The van der Waals surface area contributed by atoms with E-state index in [2.05, 4.69) is 48.8 Å². The second-order valence-electron chi connectivity index (χ2n) is 11.5. The van der Waals surface area contributed by atoms with Gasteiger partial charge in [-0.3, -0.25) is 19.0 Å². The number of nitrogen functional groups attached to an aromatic ring is 1. The van der Waals surface area contributed by atoms with Gasteiger partial charge in [0, 0.05) is 0 Å². The Labute approximate surface area is 220 Å². The van der Waals surface area contributed by atoms with Gasteiger partial charge in [-0.25, -0.2) is 15.0 Å². The lowest BCUT2D eigenvalue weighted by Gasteiger charge is -2.40. The highest BCUT2D eigenvalue weighted by molar-refractivity contribution is 6.74. The van der Waals surface area contributed by atoms with E-state index in [1.165, 1.54) is 6.33 Å². The van der Waals surface area contributed by atoms with Crippen LogP contribution in [-0.4, -0.2) is 75.7 Å². The summed E-state index contributed by atoms with van der Waals surface area (Å²) in [6, 6.07) is 6.63. The van der Waals surface area contributed by atoms with Crippen LogP contribution in [0, 0.1) is 0 Å². The molecular weight excluding hydrogens is 508 g/mol. The van der Waals surface area contributed by atoms with Crippen LogP contribution in [0.1, 0.15) is 47.7 Å². The monoisotopic (exact) mass is 538 g/mol. The molecule has 0 spiro atoms. The normalized spacial score (nSPS) is 27.1. The fourth-order valence-electron chi connectivity index (χ4n) is 4.90. The van der Waals surface area contributed by atoms with Gasteiger partial charge in [-0.15, -0.1) is 5.06 Å². The summed E-state index contributed by atoms with van der Waals surface area (Å²) in [4.78, 5) is 44.5. The predicted octanol–water partition coefficient (Wildman–Crippen LogP) is 2.69. The number of imide groups is 1. The zero-order chi connectivity index (χ0) is 27.0. The number of amides is 2. The summed E-state index contributed by atoms with van der Waals surface area (Å²) >= 11 is 0. The molecule has 38 heavy (non-hydrogen) atoms. The van der Waals surface area contributed by atoms with Crippen LogP contribution in [0.3, 0.4) is 0 Å². The van der Waals surface area contributed by atoms with E-state index in [4.69, 9.17) is 24.5 Å². The molecule has 2 N–H and O–H groups in total. The van der Waals surface area contributed by atoms with E-state index >= 15 is 0 Å². The molecule has 1 aromatic carbocycles. The summed E-state index contributed by atoms with van der Waals surface area (Å²) in [5.41, 5.74) is 6.48. The zero-order valence-corrected chi connectivity index (χ0v) is 22.9. The molecule has 4 atom stereocenters. The van der Waals surface area contributed by atoms with Gasteiger partial charge in [0.15, 0.2) is 26.0 Å². The molecule has 0 aliphatic carbocycles. The number of anilines is 1. The van der Waals surface area contributed by atoms with Gasteiger partial charge in [0.25, 0.3) is 11.8 Å². The van der Waals surface area contributed by atoms with Crippen molar-refractivity contribution in [2.24, 2.45) is 0 Å². The lowest BCUT2D eigenvalue weighted by atomic mass is 10.0. The number of carbonyl (C=O) groups excluding carboxylic acids is 2. The average Bonchev–Trinajstić information content (AvgIpc) is 3.58. The zero-order valence-electron chi connectivity index (χ0n) is 21.9. The van der Waals surface area contributed by atoms with E-state index < -0.39 is 44.2 Å². The SMILES string of the molecule is CC(C)(C)[Si](C)(C)OC1C2OC[C@]1(CON1C(=O)c3ccccc3C1=O)O[C@H]2n1cnc2c(N)ncnc21. The number of hydrogen-bond acceptors (Lipinski definition) is 10. The summed E-state index contributed by atoms with van der Waals surface area (Å²) in [7, 11) is -2.31. The number of aromatic nitrogens is 4. The number of hydrogen-bond donors (Lipinski definition) is 1. The van der Waals surface area contributed by atoms with E-state index in [1.807, 2.05) is 0 Å². The Bertz CT molecular complexity index is 1420. The lowest BCUT2D eigenvalue weighted by molar-refractivity contribution is -0.217. The number of carbonyl (C=O) groups is 2. The second-order valence-corrected chi connectivity index (χ2v) is 16.2. The molecule has 200 valence electrons. The molecule has 2 saturated heterocycles. The van der Waals surface area contributed by atoms with Crippen LogP contribution in [0.5, 0.6) is 0 Å². The highest BCUT2D eigenvalue weighted by atomic mass is 28.4. The molecule has 2 aromatic heterocycles. The smallest absolute Gasteiger partial charge is 0.285 e. The molecule has 13 heteroatoms. The van der Waals surface area contributed by atoms with E-state index in [0.29, 0.717) is 22.3 Å². The number of rotatable bonds is 6. The molecule has 6 rings (SSSR count). The summed E-state index contributed by atoms with van der Waals surface area (Å²) in [5.74, 6) is -0.765. The van der Waals surface area contributed by atoms with Gasteiger partial charge in [0.05, 0.1) is 24.1 Å². The van der Waals surface area contributed by atoms with Crippen molar-refractivity contribution in [1.82, 2.24) is 24.6 Å². The molecule has 0 saturated carbocycles. The first-order chi connectivity index (χ1) is 17.9. The van der Waals surface area contributed by atoms with Gasteiger partial charge in [0.1, 0.15) is 36.3 Å². The Balaban J connectivity index is 1.33. The Morgan fingerprint density at radius 2 is 1.82 bits per heavy atom. The fraction of sp³-hybridized carbons (Fsp3) is 0.480. The van der Waals surface area contributed by atoms with E-state index in [0.717, 1.165) is 5.06 Å². The van der Waals surface area contributed by atoms with Crippen molar-refractivity contribution < 1.29 is 28.3 Å². The lowest BCUT2D eigenvalue weighted by Crippen LogP contribution is -2.54. The first-order valence-corrected chi connectivity index (χ1v) is 15.4. The summed E-state index contributed by atoms with van der Waals surface area (Å²) < 4.78 is 21.5. The van der Waals surface area contributed by atoms with Gasteiger partial charge in [-0.1, -0.05) is 32.9 Å². The van der Waals surface area contributed by atoms with Crippen LogP contribution in [0.25, 0.3) is 11.2 Å². The molecule has 5 heterocycles. The largest absolute Gasteiger partial charge is 0.408 e. The van der Waals surface area contributed by atoms with Crippen LogP contribution in [0.2, 0.25) is 18.1 Å². The Hall–Kier alpha value is -3.23. The molecule has 12 nitrogen and oxygen atoms in total. The molecule has 2 unspecified atom stereocenters. The standard InChI is InChI=1S/C25H30N6O6Si/c1-24(2,3)38(4,5)37-18-17-23(30-13-29-16-19(26)27-12-28-20(16)30)36-25(18,10-34-17)11-35-31-21(32)14-8-6-7-9-15(14)22(31)33/h6-9,12-13,17-18,23H,10-11H2,1-5H3,(H2,26,27,28)/t17?,18?,23-,25-/m1/s1. The van der Waals surface area contributed by atoms with Crippen LogP contribution in [-0.2, 0) is 18.7 Å². The average molecular weight is 539 g/mol. The Morgan fingerprint density at radius 3 is 2.47 bits per heavy atom. The van der Waals surface area contributed by atoms with Crippen LogP contribution in [0.15, 0.2) is 36.9 Å². The first kappa shape index (κ1) is 25.1. The molecule has 2 amide bonds. The maximum absolute atomic E-state index is 12.9. The number of ether oxygens (including phenoxy) is 2. The maximum atomic E-state index is 12.9. The minimum atomic E-state index is -2.31. The van der Waals surface area contributed by atoms with Crippen LogP contribution >= 0.6 is 0 Å². The molecule has 3 aliphatic rings. The third-order valence-electron chi connectivity index (χ3n) is 8.06. The van der Waals surface area contributed by atoms with Gasteiger partial charge in [-0.05, 0) is 30.3 Å². The van der Waals surface area contributed by atoms with Crippen LogP contribution < -0.4 is 5.73 Å². The van der Waals surface area contributed by atoms with E-state index in [-0.39, 0.29) is 24.1 Å². The van der Waals surface area contributed by atoms with Crippen molar-refractivity contribution in [3.8, 4) is 0 Å². The molecule has 2 fully saturated rings. The Morgan fingerprint density at radius 1 is 1.13 bits per heavy atom. The van der Waals surface area contributed by atoms with Gasteiger partial charge in [0.2, 0.25) is 0 Å². The van der Waals surface area contributed by atoms with Crippen molar-refractivity contribution in [1.29, 1.82) is 0 Å². The van der Waals surface area contributed by atoms with Gasteiger partial charge in [-0.2, -0.15) is 0 Å². The first-order valence-electron chi connectivity index (χ1n) is 12.4. The number of benzene rings is 1. The number of imidazole rings is 1. The third-order valence-corrected chi connectivity index (χ3v) is 12.5. The van der Waals surface area contributed by atoms with Crippen molar-refractivity contribution in [2.45, 2.75) is 62.9 Å². The van der Waals surface area contributed by atoms with Crippen molar-refractivity contribution in [3.05, 3.63) is 48.0 Å². The number of nitrogens with zero attached hydrogens (tertiary/aromatic N) is 5. The molecular formula is C25H30N6O6Si. The van der Waals surface area contributed by atoms with Crippen LogP contribution in [0.4, 0.5) is 5.82 Å². The highest BCUT2D eigenvalue weighted by Crippen LogP contribution is 2.50. The summed E-state index contributed by atoms with van der Waals surface area (Å²) in [6.45, 7) is 10.8. The molecule has 3 aromatic rings. The fourth-order valence-corrected chi connectivity index (χ4v) is 6.24. The number of nitrogens with two attached hydrogens (primary N) is 1. The van der Waals surface area contributed by atoms with Gasteiger partial charge < -0.3 is 19.6 Å². The topological polar surface area (TPSA) is 144 Å². The van der Waals surface area contributed by atoms with E-state index in [9.17, 15) is 9.59 Å². The molecule has 3 aliphatic heterocycles. The van der Waals surface area contributed by atoms with Crippen molar-refractivity contribution >= 4 is 37.1 Å². The predicted molar refractivity (Wildman–Crippen MR) is 137 cm³/mol. The minimum Gasteiger partial charge on any atom is -0.408 e. The summed E-state index contributed by atoms with van der Waals surface area (Å²) in [5, 5.41) is 0.714.